The monoisotopic (exact) mass is 339 g/mol. The molecule has 0 aliphatic rings. The number of methoxy groups -OCH3 is 1. The van der Waals surface area contributed by atoms with Crippen molar-refractivity contribution in [1.29, 1.82) is 0 Å². The molecule has 2 nitrogen and oxygen atoms in total. The number of benzene rings is 2. The van der Waals surface area contributed by atoms with Gasteiger partial charge in [-0.25, -0.2) is 0 Å². The SMILES string of the molecule is COc1ccc(Br)cc1CNc1cccc(Cl)c1C. The van der Waals surface area contributed by atoms with Crippen molar-refractivity contribution in [1.82, 2.24) is 0 Å². The lowest BCUT2D eigenvalue weighted by Gasteiger charge is -2.13. The average Bonchev–Trinajstić information content (AvgIpc) is 2.40. The molecule has 0 heterocycles. The van der Waals surface area contributed by atoms with Crippen LogP contribution in [0.1, 0.15) is 11.1 Å². The molecule has 0 fully saturated rings. The predicted octanol–water partition coefficient (Wildman–Crippen LogP) is 5.03. The van der Waals surface area contributed by atoms with Crippen LogP contribution in [0.15, 0.2) is 40.9 Å². The van der Waals surface area contributed by atoms with Crippen molar-refractivity contribution in [3.63, 3.8) is 0 Å². The van der Waals surface area contributed by atoms with E-state index in [2.05, 4.69) is 21.2 Å². The van der Waals surface area contributed by atoms with Crippen LogP contribution in [0.4, 0.5) is 5.69 Å². The van der Waals surface area contributed by atoms with Crippen LogP contribution in [0.25, 0.3) is 0 Å². The van der Waals surface area contributed by atoms with E-state index in [4.69, 9.17) is 16.3 Å². The van der Waals surface area contributed by atoms with Crippen LogP contribution < -0.4 is 10.1 Å². The second-order valence-electron chi connectivity index (χ2n) is 4.22. The van der Waals surface area contributed by atoms with Crippen LogP contribution in [0.2, 0.25) is 5.02 Å². The third-order valence-corrected chi connectivity index (χ3v) is 3.88. The van der Waals surface area contributed by atoms with Crippen molar-refractivity contribution in [3.8, 4) is 5.75 Å². The molecule has 2 aromatic rings. The molecular weight excluding hydrogens is 326 g/mol. The summed E-state index contributed by atoms with van der Waals surface area (Å²) in [6.45, 7) is 2.69. The van der Waals surface area contributed by atoms with Crippen LogP contribution in [0.3, 0.4) is 0 Å². The molecule has 100 valence electrons. The number of hydrogen-bond acceptors (Lipinski definition) is 2. The Morgan fingerprint density at radius 2 is 2.05 bits per heavy atom. The fourth-order valence-electron chi connectivity index (χ4n) is 1.87. The first-order chi connectivity index (χ1) is 9.11. The number of hydrogen-bond donors (Lipinski definition) is 1. The van der Waals surface area contributed by atoms with Gasteiger partial charge in [0.15, 0.2) is 0 Å². The molecule has 0 unspecified atom stereocenters. The fraction of sp³-hybridized carbons (Fsp3) is 0.200. The smallest absolute Gasteiger partial charge is 0.123 e. The lowest BCUT2D eigenvalue weighted by molar-refractivity contribution is 0.410. The number of ether oxygens (including phenoxy) is 1. The van der Waals surface area contributed by atoms with Crippen LogP contribution >= 0.6 is 27.5 Å². The molecule has 2 rings (SSSR count). The summed E-state index contributed by atoms with van der Waals surface area (Å²) in [4.78, 5) is 0. The van der Waals surface area contributed by atoms with Gasteiger partial charge in [0.2, 0.25) is 0 Å². The Labute approximate surface area is 126 Å². The van der Waals surface area contributed by atoms with Gasteiger partial charge in [0.05, 0.1) is 7.11 Å². The molecule has 0 aromatic heterocycles. The minimum atomic E-state index is 0.684. The quantitative estimate of drug-likeness (QED) is 0.842. The van der Waals surface area contributed by atoms with E-state index in [-0.39, 0.29) is 0 Å². The standard InChI is InChI=1S/C15H15BrClNO/c1-10-13(17)4-3-5-14(10)18-9-11-8-12(16)6-7-15(11)19-2/h3-8,18H,9H2,1-2H3. The zero-order valence-corrected chi connectivity index (χ0v) is 13.2. The first-order valence-corrected chi connectivity index (χ1v) is 7.10. The van der Waals surface area contributed by atoms with E-state index < -0.39 is 0 Å². The maximum absolute atomic E-state index is 6.11. The highest BCUT2D eigenvalue weighted by Gasteiger charge is 2.06. The molecule has 1 N–H and O–H groups in total. The van der Waals surface area contributed by atoms with Gasteiger partial charge in [-0.1, -0.05) is 33.6 Å². The first kappa shape index (κ1) is 14.2. The van der Waals surface area contributed by atoms with Crippen LogP contribution in [-0.2, 0) is 6.54 Å². The van der Waals surface area contributed by atoms with Gasteiger partial charge >= 0.3 is 0 Å². The van der Waals surface area contributed by atoms with Crippen LogP contribution in [0, 0.1) is 6.92 Å². The summed E-state index contributed by atoms with van der Waals surface area (Å²) in [5.41, 5.74) is 3.18. The summed E-state index contributed by atoms with van der Waals surface area (Å²) in [5, 5.41) is 4.16. The fourth-order valence-corrected chi connectivity index (χ4v) is 2.46. The van der Waals surface area contributed by atoms with Gasteiger partial charge < -0.3 is 10.1 Å². The normalized spacial score (nSPS) is 10.3. The third-order valence-electron chi connectivity index (χ3n) is 2.98. The Morgan fingerprint density at radius 1 is 1.26 bits per heavy atom. The molecule has 4 heteroatoms. The number of anilines is 1. The second-order valence-corrected chi connectivity index (χ2v) is 5.54. The zero-order chi connectivity index (χ0) is 13.8. The Morgan fingerprint density at radius 3 is 2.79 bits per heavy atom. The summed E-state index contributed by atoms with van der Waals surface area (Å²) in [6, 6.07) is 11.8. The molecule has 0 aliphatic heterocycles. The summed E-state index contributed by atoms with van der Waals surface area (Å²) < 4.78 is 6.39. The molecule has 2 aromatic carbocycles. The number of nitrogens with one attached hydrogen (secondary N) is 1. The molecular formula is C15H15BrClNO. The second kappa shape index (κ2) is 6.31. The first-order valence-electron chi connectivity index (χ1n) is 5.93. The number of halogens is 2. The van der Waals surface area contributed by atoms with E-state index in [0.29, 0.717) is 6.54 Å². The average molecular weight is 341 g/mol. The van der Waals surface area contributed by atoms with Crippen molar-refractivity contribution in [2.45, 2.75) is 13.5 Å². The van der Waals surface area contributed by atoms with Crippen LogP contribution in [-0.4, -0.2) is 7.11 Å². The maximum Gasteiger partial charge on any atom is 0.123 e. The Kier molecular flexibility index (Phi) is 4.72. The van der Waals surface area contributed by atoms with Gasteiger partial charge in [0.1, 0.15) is 5.75 Å². The van der Waals surface area contributed by atoms with Gasteiger partial charge in [-0.05, 0) is 42.8 Å². The molecule has 0 aliphatic carbocycles. The van der Waals surface area contributed by atoms with Gasteiger partial charge in [-0.2, -0.15) is 0 Å². The van der Waals surface area contributed by atoms with Crippen LogP contribution in [0.5, 0.6) is 5.75 Å². The van der Waals surface area contributed by atoms with Crippen molar-refractivity contribution < 1.29 is 4.74 Å². The molecule has 0 spiro atoms. The lowest BCUT2D eigenvalue weighted by Crippen LogP contribution is -2.03. The minimum absolute atomic E-state index is 0.684. The molecule has 0 amide bonds. The topological polar surface area (TPSA) is 21.3 Å². The lowest BCUT2D eigenvalue weighted by atomic mass is 10.1. The van der Waals surface area contributed by atoms with Crippen molar-refractivity contribution >= 4 is 33.2 Å². The third kappa shape index (κ3) is 3.43. The maximum atomic E-state index is 6.11. The van der Waals surface area contributed by atoms with Gasteiger partial charge in [0, 0.05) is 27.3 Å². The van der Waals surface area contributed by atoms with Crippen molar-refractivity contribution in [2.24, 2.45) is 0 Å². The molecule has 0 atom stereocenters. The van der Waals surface area contributed by atoms with Crippen molar-refractivity contribution in [3.05, 3.63) is 57.0 Å². The largest absolute Gasteiger partial charge is 0.496 e. The molecule has 0 saturated heterocycles. The molecule has 0 bridgehead atoms. The van der Waals surface area contributed by atoms with E-state index in [1.54, 1.807) is 7.11 Å². The van der Waals surface area contributed by atoms with Gasteiger partial charge in [0.25, 0.3) is 0 Å². The Balaban J connectivity index is 2.18. The molecule has 0 saturated carbocycles. The predicted molar refractivity (Wildman–Crippen MR) is 84.2 cm³/mol. The summed E-state index contributed by atoms with van der Waals surface area (Å²) in [7, 11) is 1.68. The Hall–Kier alpha value is -1.19. The van der Waals surface area contributed by atoms with E-state index in [1.807, 2.05) is 43.3 Å². The summed E-state index contributed by atoms with van der Waals surface area (Å²) >= 11 is 9.58. The highest BCUT2D eigenvalue weighted by Crippen LogP contribution is 2.26. The Bertz CT molecular complexity index is 586. The van der Waals surface area contributed by atoms with Gasteiger partial charge in [-0.15, -0.1) is 0 Å². The summed E-state index contributed by atoms with van der Waals surface area (Å²) in [6.07, 6.45) is 0. The minimum Gasteiger partial charge on any atom is -0.496 e. The zero-order valence-electron chi connectivity index (χ0n) is 10.8. The molecule has 0 radical (unpaired) electrons. The van der Waals surface area contributed by atoms with E-state index in [0.717, 1.165) is 32.1 Å². The number of rotatable bonds is 4. The highest BCUT2D eigenvalue weighted by molar-refractivity contribution is 9.10. The van der Waals surface area contributed by atoms with Crippen molar-refractivity contribution in [2.75, 3.05) is 12.4 Å². The summed E-state index contributed by atoms with van der Waals surface area (Å²) in [5.74, 6) is 0.871. The van der Waals surface area contributed by atoms with E-state index >= 15 is 0 Å². The molecule has 19 heavy (non-hydrogen) atoms. The van der Waals surface area contributed by atoms with E-state index in [9.17, 15) is 0 Å². The van der Waals surface area contributed by atoms with E-state index in [1.165, 1.54) is 0 Å². The highest BCUT2D eigenvalue weighted by atomic mass is 79.9. The van der Waals surface area contributed by atoms with Gasteiger partial charge in [-0.3, -0.25) is 0 Å².